The summed E-state index contributed by atoms with van der Waals surface area (Å²) in [5.74, 6) is -1.96. The smallest absolute Gasteiger partial charge is 0.308 e. The molecule has 0 radical (unpaired) electrons. The number of ether oxygens (including phenoxy) is 1. The first-order valence-electron chi connectivity index (χ1n) is 9.90. The van der Waals surface area contributed by atoms with Crippen molar-refractivity contribution in [2.75, 3.05) is 11.9 Å². The molecule has 3 atom stereocenters. The van der Waals surface area contributed by atoms with Gasteiger partial charge in [-0.3, -0.25) is 24.1 Å². The molecule has 1 N–H and O–H groups in total. The molecule has 1 saturated heterocycles. The second-order valence-electron chi connectivity index (χ2n) is 7.61. The topological polar surface area (TPSA) is 92.8 Å². The second kappa shape index (κ2) is 8.95. The summed E-state index contributed by atoms with van der Waals surface area (Å²) in [6.45, 7) is 3.23. The van der Waals surface area contributed by atoms with E-state index in [0.717, 1.165) is 25.7 Å². The molecule has 156 valence electrons. The minimum Gasteiger partial charge on any atom is -0.452 e. The Bertz CT molecular complexity index is 816. The summed E-state index contributed by atoms with van der Waals surface area (Å²) in [5.41, 5.74) is 1.26. The van der Waals surface area contributed by atoms with Gasteiger partial charge in [-0.15, -0.1) is 0 Å². The van der Waals surface area contributed by atoms with E-state index in [1.165, 1.54) is 11.8 Å². The predicted molar refractivity (Wildman–Crippen MR) is 107 cm³/mol. The maximum absolute atomic E-state index is 12.4. The average Bonchev–Trinajstić information content (AvgIpc) is 2.94. The minimum atomic E-state index is -1.02. The molecule has 1 aliphatic carbocycles. The van der Waals surface area contributed by atoms with Crippen LogP contribution in [0.15, 0.2) is 18.2 Å². The van der Waals surface area contributed by atoms with Crippen molar-refractivity contribution in [3.05, 3.63) is 28.8 Å². The Kier molecular flexibility index (Phi) is 6.57. The third-order valence-corrected chi connectivity index (χ3v) is 6.08. The Balaban J connectivity index is 1.50. The molecule has 0 bridgehead atoms. The van der Waals surface area contributed by atoms with Crippen LogP contribution in [-0.4, -0.2) is 41.2 Å². The molecule has 3 amide bonds. The maximum atomic E-state index is 12.4. The number of hydrogen-bond donors (Lipinski definition) is 1. The lowest BCUT2D eigenvalue weighted by molar-refractivity contribution is -0.154. The van der Waals surface area contributed by atoms with Gasteiger partial charge in [0.2, 0.25) is 11.8 Å². The number of hydrogen-bond acceptors (Lipinski definition) is 5. The molecule has 7 nitrogen and oxygen atoms in total. The number of imide groups is 1. The second-order valence-corrected chi connectivity index (χ2v) is 8.02. The van der Waals surface area contributed by atoms with Gasteiger partial charge >= 0.3 is 5.97 Å². The van der Waals surface area contributed by atoms with E-state index in [2.05, 4.69) is 5.32 Å². The zero-order valence-electron chi connectivity index (χ0n) is 16.6. The van der Waals surface area contributed by atoms with Gasteiger partial charge in [0.25, 0.3) is 5.91 Å². The number of halogens is 1. The van der Waals surface area contributed by atoms with Gasteiger partial charge in [0, 0.05) is 17.3 Å². The number of esters is 1. The standard InChI is InChI=1S/C21H25ClN2O5/c1-12-16(22)8-5-9-17(12)23-19(26)13(2)29-18(25)10-11-24-20(27)14-6-3-4-7-15(14)21(24)28/h5,8-9,13-15H,3-4,6-7,10-11H2,1-2H3,(H,23,26)/t13-,14-,15-/m0/s1. The fraction of sp³-hybridized carbons (Fsp3) is 0.524. The molecule has 0 aromatic heterocycles. The number of nitrogens with zero attached hydrogens (tertiary/aromatic N) is 1. The molecular weight excluding hydrogens is 396 g/mol. The van der Waals surface area contributed by atoms with Gasteiger partial charge in [-0.05, 0) is 44.4 Å². The summed E-state index contributed by atoms with van der Waals surface area (Å²) in [6, 6.07) is 5.13. The van der Waals surface area contributed by atoms with Crippen LogP contribution < -0.4 is 5.32 Å². The van der Waals surface area contributed by atoms with Gasteiger partial charge in [-0.1, -0.05) is 30.5 Å². The highest BCUT2D eigenvalue weighted by Gasteiger charge is 2.47. The highest BCUT2D eigenvalue weighted by Crippen LogP contribution is 2.38. The first kappa shape index (κ1) is 21.3. The molecule has 1 heterocycles. The van der Waals surface area contributed by atoms with Crippen molar-refractivity contribution in [2.24, 2.45) is 11.8 Å². The monoisotopic (exact) mass is 420 g/mol. The van der Waals surface area contributed by atoms with Gasteiger partial charge < -0.3 is 10.1 Å². The van der Waals surface area contributed by atoms with Crippen LogP contribution in [-0.2, 0) is 23.9 Å². The van der Waals surface area contributed by atoms with E-state index >= 15 is 0 Å². The van der Waals surface area contributed by atoms with Crippen molar-refractivity contribution < 1.29 is 23.9 Å². The summed E-state index contributed by atoms with van der Waals surface area (Å²) in [5, 5.41) is 3.20. The molecule has 1 saturated carbocycles. The van der Waals surface area contributed by atoms with Gasteiger partial charge in [0.1, 0.15) is 0 Å². The Morgan fingerprint density at radius 1 is 1.21 bits per heavy atom. The number of likely N-dealkylation sites (tertiary alicyclic amines) is 1. The number of benzene rings is 1. The third-order valence-electron chi connectivity index (χ3n) is 5.67. The predicted octanol–water partition coefficient (Wildman–Crippen LogP) is 3.08. The van der Waals surface area contributed by atoms with E-state index in [1.807, 2.05) is 0 Å². The van der Waals surface area contributed by atoms with Crippen molar-refractivity contribution in [2.45, 2.75) is 52.1 Å². The number of amides is 3. The Hall–Kier alpha value is -2.41. The summed E-state index contributed by atoms with van der Waals surface area (Å²) >= 11 is 6.04. The molecule has 29 heavy (non-hydrogen) atoms. The van der Waals surface area contributed by atoms with E-state index < -0.39 is 18.0 Å². The molecule has 1 aliphatic heterocycles. The van der Waals surface area contributed by atoms with Crippen LogP contribution in [0.1, 0.15) is 44.6 Å². The average molecular weight is 421 g/mol. The van der Waals surface area contributed by atoms with Crippen LogP contribution in [0.3, 0.4) is 0 Å². The molecule has 1 aromatic carbocycles. The van der Waals surface area contributed by atoms with Crippen LogP contribution in [0.2, 0.25) is 5.02 Å². The third kappa shape index (κ3) is 4.61. The fourth-order valence-electron chi connectivity index (χ4n) is 3.94. The number of carbonyl (C=O) groups excluding carboxylic acids is 4. The minimum absolute atomic E-state index is 0.00869. The largest absolute Gasteiger partial charge is 0.452 e. The summed E-state index contributed by atoms with van der Waals surface area (Å²) in [4.78, 5) is 50.5. The highest BCUT2D eigenvalue weighted by atomic mass is 35.5. The van der Waals surface area contributed by atoms with Gasteiger partial charge in [0.15, 0.2) is 6.10 Å². The van der Waals surface area contributed by atoms with Gasteiger partial charge in [-0.25, -0.2) is 0 Å². The zero-order valence-corrected chi connectivity index (χ0v) is 17.3. The van der Waals surface area contributed by atoms with E-state index in [0.29, 0.717) is 16.3 Å². The first-order valence-corrected chi connectivity index (χ1v) is 10.3. The molecular formula is C21H25ClN2O5. The van der Waals surface area contributed by atoms with Crippen molar-refractivity contribution in [3.8, 4) is 0 Å². The van der Waals surface area contributed by atoms with Gasteiger partial charge in [0.05, 0.1) is 18.3 Å². The van der Waals surface area contributed by atoms with Crippen molar-refractivity contribution in [3.63, 3.8) is 0 Å². The van der Waals surface area contributed by atoms with Crippen molar-refractivity contribution >= 4 is 41.0 Å². The Morgan fingerprint density at radius 2 is 1.83 bits per heavy atom. The van der Waals surface area contributed by atoms with Crippen molar-refractivity contribution in [1.82, 2.24) is 4.90 Å². The van der Waals surface area contributed by atoms with Crippen LogP contribution in [0.25, 0.3) is 0 Å². The Morgan fingerprint density at radius 3 is 2.45 bits per heavy atom. The SMILES string of the molecule is Cc1c(Cl)cccc1NC(=O)[C@H](C)OC(=O)CCN1C(=O)[C@H]2CCCC[C@@H]2C1=O. The van der Waals surface area contributed by atoms with Crippen LogP contribution in [0, 0.1) is 18.8 Å². The van der Waals surface area contributed by atoms with Crippen molar-refractivity contribution in [1.29, 1.82) is 0 Å². The maximum Gasteiger partial charge on any atom is 0.308 e. The molecule has 2 fully saturated rings. The zero-order chi connectivity index (χ0) is 21.1. The number of fused-ring (bicyclic) bond motifs is 1. The number of carbonyl (C=O) groups is 4. The Labute approximate surface area is 174 Å². The van der Waals surface area contributed by atoms with E-state index in [9.17, 15) is 19.2 Å². The van der Waals surface area contributed by atoms with Crippen LogP contribution in [0.4, 0.5) is 5.69 Å². The summed E-state index contributed by atoms with van der Waals surface area (Å²) in [7, 11) is 0. The summed E-state index contributed by atoms with van der Waals surface area (Å²) < 4.78 is 5.17. The summed E-state index contributed by atoms with van der Waals surface area (Å²) in [6.07, 6.45) is 2.22. The molecule has 8 heteroatoms. The molecule has 0 unspecified atom stereocenters. The lowest BCUT2D eigenvalue weighted by atomic mass is 9.81. The van der Waals surface area contributed by atoms with Crippen LogP contribution >= 0.6 is 11.6 Å². The molecule has 3 rings (SSSR count). The van der Waals surface area contributed by atoms with E-state index in [1.54, 1.807) is 25.1 Å². The normalized spacial score (nSPS) is 22.2. The number of rotatable bonds is 6. The molecule has 1 aromatic rings. The quantitative estimate of drug-likeness (QED) is 0.564. The number of nitrogens with one attached hydrogen (secondary N) is 1. The van der Waals surface area contributed by atoms with Gasteiger partial charge in [-0.2, -0.15) is 0 Å². The van der Waals surface area contributed by atoms with E-state index in [-0.39, 0.29) is 36.6 Å². The van der Waals surface area contributed by atoms with E-state index in [4.69, 9.17) is 16.3 Å². The highest BCUT2D eigenvalue weighted by molar-refractivity contribution is 6.31. The van der Waals surface area contributed by atoms with Crippen LogP contribution in [0.5, 0.6) is 0 Å². The molecule has 0 spiro atoms. The fourth-order valence-corrected chi connectivity index (χ4v) is 4.12. The molecule has 2 aliphatic rings. The lowest BCUT2D eigenvalue weighted by Crippen LogP contribution is -2.35. The first-order chi connectivity index (χ1) is 13.8. The lowest BCUT2D eigenvalue weighted by Gasteiger charge is -2.19. The number of anilines is 1.